The Labute approximate surface area is 152 Å². The monoisotopic (exact) mass is 360 g/mol. The van der Waals surface area contributed by atoms with E-state index in [1.807, 2.05) is 31.2 Å². The number of aryl methyl sites for hydroxylation is 2. The summed E-state index contributed by atoms with van der Waals surface area (Å²) in [5, 5.41) is 7.69. The molecule has 1 saturated heterocycles. The fraction of sp³-hybridized carbons (Fsp3) is 0.333. The van der Waals surface area contributed by atoms with Gasteiger partial charge in [0, 0.05) is 31.8 Å². The third kappa shape index (κ3) is 4.03. The van der Waals surface area contributed by atoms with Gasteiger partial charge in [-0.3, -0.25) is 9.48 Å². The summed E-state index contributed by atoms with van der Waals surface area (Å²) in [6, 6.07) is 7.78. The number of halogens is 1. The molecule has 25 heavy (non-hydrogen) atoms. The number of amides is 1. The summed E-state index contributed by atoms with van der Waals surface area (Å²) in [6.07, 6.45) is 3.17. The van der Waals surface area contributed by atoms with Crippen molar-refractivity contribution in [3.8, 4) is 0 Å². The molecule has 6 nitrogen and oxygen atoms in total. The lowest BCUT2D eigenvalue weighted by Gasteiger charge is -2.30. The molecule has 132 valence electrons. The Bertz CT molecular complexity index is 794. The Kier molecular flexibility index (Phi) is 5.40. The Balaban J connectivity index is 1.74. The second-order valence-corrected chi connectivity index (χ2v) is 6.21. The maximum Gasteiger partial charge on any atom is 0.248 e. The molecule has 0 spiro atoms. The second kappa shape index (κ2) is 7.72. The molecule has 0 unspecified atom stereocenters. The molecule has 3 rings (SSSR count). The topological polar surface area (TPSA) is 59.4 Å². The van der Waals surface area contributed by atoms with Crippen molar-refractivity contribution in [3.05, 3.63) is 46.8 Å². The van der Waals surface area contributed by atoms with Crippen LogP contribution in [0.2, 0.25) is 5.15 Å². The molecule has 0 saturated carbocycles. The molecule has 1 aromatic carbocycles. The average Bonchev–Trinajstić information content (AvgIpc) is 2.86. The maximum absolute atomic E-state index is 12.3. The van der Waals surface area contributed by atoms with Crippen LogP contribution in [0.15, 0.2) is 30.3 Å². The number of para-hydroxylation sites is 2. The zero-order valence-electron chi connectivity index (χ0n) is 14.3. The van der Waals surface area contributed by atoms with Gasteiger partial charge in [0.15, 0.2) is 0 Å². The highest BCUT2D eigenvalue weighted by Crippen LogP contribution is 2.26. The first-order valence-corrected chi connectivity index (χ1v) is 8.54. The first-order valence-electron chi connectivity index (χ1n) is 8.16. The van der Waals surface area contributed by atoms with E-state index in [0.29, 0.717) is 18.4 Å². The minimum absolute atomic E-state index is 0.208. The lowest BCUT2D eigenvalue weighted by molar-refractivity contribution is -0.111. The molecule has 1 fully saturated rings. The van der Waals surface area contributed by atoms with Crippen LogP contribution in [0.5, 0.6) is 0 Å². The summed E-state index contributed by atoms with van der Waals surface area (Å²) in [6.45, 7) is 4.87. The van der Waals surface area contributed by atoms with Crippen molar-refractivity contribution in [1.82, 2.24) is 9.78 Å². The van der Waals surface area contributed by atoms with E-state index in [1.165, 1.54) is 6.08 Å². The first kappa shape index (κ1) is 17.5. The van der Waals surface area contributed by atoms with E-state index in [-0.39, 0.29) is 5.91 Å². The van der Waals surface area contributed by atoms with Crippen LogP contribution < -0.4 is 10.2 Å². The number of nitrogens with one attached hydrogen (secondary N) is 1. The summed E-state index contributed by atoms with van der Waals surface area (Å²) in [7, 11) is 1.77. The molecular weight excluding hydrogens is 340 g/mol. The lowest BCUT2D eigenvalue weighted by atomic mass is 10.2. The molecule has 0 atom stereocenters. The largest absolute Gasteiger partial charge is 0.378 e. The normalized spacial score (nSPS) is 14.9. The minimum atomic E-state index is -0.208. The predicted molar refractivity (Wildman–Crippen MR) is 100 cm³/mol. The molecule has 0 aliphatic carbocycles. The highest BCUT2D eigenvalue weighted by Gasteiger charge is 2.15. The van der Waals surface area contributed by atoms with E-state index in [9.17, 15) is 4.79 Å². The minimum Gasteiger partial charge on any atom is -0.378 e. The number of rotatable bonds is 4. The molecule has 1 aromatic heterocycles. The van der Waals surface area contributed by atoms with Gasteiger partial charge in [0.1, 0.15) is 5.15 Å². The zero-order chi connectivity index (χ0) is 17.8. The summed E-state index contributed by atoms with van der Waals surface area (Å²) in [4.78, 5) is 14.6. The van der Waals surface area contributed by atoms with Crippen LogP contribution >= 0.6 is 11.6 Å². The number of benzene rings is 1. The number of hydrogen-bond acceptors (Lipinski definition) is 4. The van der Waals surface area contributed by atoms with Crippen LogP contribution in [0.25, 0.3) is 6.08 Å². The Morgan fingerprint density at radius 1 is 1.32 bits per heavy atom. The fourth-order valence-corrected chi connectivity index (χ4v) is 3.07. The van der Waals surface area contributed by atoms with Gasteiger partial charge in [0.05, 0.1) is 30.3 Å². The van der Waals surface area contributed by atoms with Crippen molar-refractivity contribution in [2.24, 2.45) is 7.05 Å². The van der Waals surface area contributed by atoms with Gasteiger partial charge in [0.2, 0.25) is 5.91 Å². The Morgan fingerprint density at radius 2 is 2.04 bits per heavy atom. The predicted octanol–water partition coefficient (Wildman–Crippen LogP) is 2.87. The molecule has 1 amide bonds. The Hall–Kier alpha value is -2.31. The Morgan fingerprint density at radius 3 is 2.72 bits per heavy atom. The first-order chi connectivity index (χ1) is 12.1. The van der Waals surface area contributed by atoms with Crippen molar-refractivity contribution in [2.45, 2.75) is 6.92 Å². The zero-order valence-corrected chi connectivity index (χ0v) is 15.1. The van der Waals surface area contributed by atoms with E-state index in [4.69, 9.17) is 16.3 Å². The number of carbonyl (C=O) groups is 1. The third-order valence-corrected chi connectivity index (χ3v) is 4.56. The van der Waals surface area contributed by atoms with E-state index in [2.05, 4.69) is 15.3 Å². The standard InChI is InChI=1S/C18H21ClN4O2/c1-13-14(18(19)22(2)21-13)7-8-17(24)20-15-5-3-4-6-16(15)23-9-11-25-12-10-23/h3-8H,9-12H2,1-2H3,(H,20,24)/b8-7+. The van der Waals surface area contributed by atoms with Crippen LogP contribution in [0.4, 0.5) is 11.4 Å². The van der Waals surface area contributed by atoms with Crippen LogP contribution in [0.3, 0.4) is 0 Å². The van der Waals surface area contributed by atoms with Crippen molar-refractivity contribution < 1.29 is 9.53 Å². The highest BCUT2D eigenvalue weighted by molar-refractivity contribution is 6.31. The van der Waals surface area contributed by atoms with Crippen LogP contribution in [-0.2, 0) is 16.6 Å². The van der Waals surface area contributed by atoms with Crippen LogP contribution in [-0.4, -0.2) is 42.0 Å². The molecule has 1 aliphatic heterocycles. The smallest absolute Gasteiger partial charge is 0.248 e. The summed E-state index contributed by atoms with van der Waals surface area (Å²) in [5.41, 5.74) is 3.32. The van der Waals surface area contributed by atoms with E-state index >= 15 is 0 Å². The van der Waals surface area contributed by atoms with Gasteiger partial charge in [-0.25, -0.2) is 0 Å². The number of nitrogens with zero attached hydrogens (tertiary/aromatic N) is 3. The SMILES string of the molecule is Cc1nn(C)c(Cl)c1/C=C/C(=O)Nc1ccccc1N1CCOCC1. The molecule has 1 N–H and O–H groups in total. The van der Waals surface area contributed by atoms with Crippen LogP contribution in [0, 0.1) is 6.92 Å². The lowest BCUT2D eigenvalue weighted by Crippen LogP contribution is -2.36. The van der Waals surface area contributed by atoms with Crippen molar-refractivity contribution in [2.75, 3.05) is 36.5 Å². The maximum atomic E-state index is 12.3. The van der Waals surface area contributed by atoms with Gasteiger partial charge in [0.25, 0.3) is 0 Å². The van der Waals surface area contributed by atoms with Gasteiger partial charge in [-0.05, 0) is 25.1 Å². The second-order valence-electron chi connectivity index (χ2n) is 5.85. The molecule has 0 bridgehead atoms. The van der Waals surface area contributed by atoms with E-state index in [0.717, 1.165) is 35.7 Å². The van der Waals surface area contributed by atoms with Gasteiger partial charge in [-0.15, -0.1) is 0 Å². The number of hydrogen-bond donors (Lipinski definition) is 1. The number of anilines is 2. The van der Waals surface area contributed by atoms with Gasteiger partial charge in [-0.2, -0.15) is 5.10 Å². The van der Waals surface area contributed by atoms with Crippen LogP contribution in [0.1, 0.15) is 11.3 Å². The summed E-state index contributed by atoms with van der Waals surface area (Å²) < 4.78 is 6.98. The molecule has 1 aliphatic rings. The molecule has 2 aromatic rings. The van der Waals surface area contributed by atoms with Crippen molar-refractivity contribution >= 4 is 35.0 Å². The van der Waals surface area contributed by atoms with E-state index in [1.54, 1.807) is 17.8 Å². The van der Waals surface area contributed by atoms with E-state index < -0.39 is 0 Å². The molecular formula is C18H21ClN4O2. The molecule has 2 heterocycles. The van der Waals surface area contributed by atoms with Crippen molar-refractivity contribution in [3.63, 3.8) is 0 Å². The number of aromatic nitrogens is 2. The highest BCUT2D eigenvalue weighted by atomic mass is 35.5. The van der Waals surface area contributed by atoms with Gasteiger partial charge < -0.3 is 15.0 Å². The van der Waals surface area contributed by atoms with Gasteiger partial charge in [-0.1, -0.05) is 23.7 Å². The fourth-order valence-electron chi connectivity index (χ4n) is 2.83. The molecule has 0 radical (unpaired) electrons. The number of ether oxygens (including phenoxy) is 1. The molecule has 7 heteroatoms. The third-order valence-electron chi connectivity index (χ3n) is 4.11. The average molecular weight is 361 g/mol. The quantitative estimate of drug-likeness (QED) is 0.852. The number of carbonyl (C=O) groups excluding carboxylic acids is 1. The van der Waals surface area contributed by atoms with Crippen molar-refractivity contribution in [1.29, 1.82) is 0 Å². The van der Waals surface area contributed by atoms with Gasteiger partial charge >= 0.3 is 0 Å². The summed E-state index contributed by atoms with van der Waals surface area (Å²) in [5.74, 6) is -0.208. The number of morpholine rings is 1. The summed E-state index contributed by atoms with van der Waals surface area (Å²) >= 11 is 6.18.